The van der Waals surface area contributed by atoms with Crippen LogP contribution >= 0.6 is 0 Å². The van der Waals surface area contributed by atoms with Crippen molar-refractivity contribution in [2.24, 2.45) is 33.6 Å². The predicted molar refractivity (Wildman–Crippen MR) is 106 cm³/mol. The van der Waals surface area contributed by atoms with Crippen molar-refractivity contribution in [3.05, 3.63) is 23.4 Å². The number of Topliss-reactive ketones (excluding diaryl/α,β-unsaturated/α-hetero) is 1. The second-order valence-corrected chi connectivity index (χ2v) is 9.41. The van der Waals surface area contributed by atoms with Crippen molar-refractivity contribution in [2.45, 2.75) is 71.4 Å². The lowest BCUT2D eigenvalue weighted by molar-refractivity contribution is -0.144. The van der Waals surface area contributed by atoms with E-state index in [1.54, 1.807) is 12.3 Å². The van der Waals surface area contributed by atoms with Crippen LogP contribution in [0.4, 0.5) is 13.2 Å². The lowest BCUT2D eigenvalue weighted by atomic mass is 9.47. The number of fused-ring (bicyclic) bond motifs is 3. The third kappa shape index (κ3) is 3.81. The highest BCUT2D eigenvalue weighted by molar-refractivity contribution is 5.85. The van der Waals surface area contributed by atoms with E-state index in [0.29, 0.717) is 18.8 Å². The van der Waals surface area contributed by atoms with Gasteiger partial charge in [0, 0.05) is 36.5 Å². The van der Waals surface area contributed by atoms with Crippen LogP contribution in [0.15, 0.2) is 28.4 Å². The standard InChI is InChI=1S/C23H29F3N2O/c1-21(10-4-11-23(24,25)26)16(14-28-3)5-7-17-18-8-6-15(9-12-27)22(18,2)13-19(29)20(17)21/h9,14,17-18,20H,3-8,10-11,13H2,1-2H3. The average molecular weight is 406 g/mol. The number of rotatable bonds is 4. The number of nitriles is 1. The first-order valence-corrected chi connectivity index (χ1v) is 10.4. The second kappa shape index (κ2) is 7.74. The Labute approximate surface area is 170 Å². The number of hydrogen-bond donors (Lipinski definition) is 0. The van der Waals surface area contributed by atoms with E-state index in [0.717, 1.165) is 36.8 Å². The molecule has 0 saturated heterocycles. The molecule has 3 aliphatic rings. The van der Waals surface area contributed by atoms with Gasteiger partial charge in [-0.2, -0.15) is 18.4 Å². The smallest absolute Gasteiger partial charge is 0.299 e. The first kappa shape index (κ1) is 21.8. The van der Waals surface area contributed by atoms with E-state index in [9.17, 15) is 18.0 Å². The molecule has 5 unspecified atom stereocenters. The molecule has 3 aliphatic carbocycles. The van der Waals surface area contributed by atoms with Crippen LogP contribution in [-0.2, 0) is 4.79 Å². The minimum absolute atomic E-state index is 0.00645. The fourth-order valence-corrected chi connectivity index (χ4v) is 6.64. The van der Waals surface area contributed by atoms with Crippen molar-refractivity contribution in [1.29, 1.82) is 5.26 Å². The molecular weight excluding hydrogens is 377 g/mol. The largest absolute Gasteiger partial charge is 0.389 e. The zero-order valence-corrected chi connectivity index (χ0v) is 17.2. The van der Waals surface area contributed by atoms with Crippen molar-refractivity contribution in [3.63, 3.8) is 0 Å². The van der Waals surface area contributed by atoms with E-state index < -0.39 is 18.0 Å². The summed E-state index contributed by atoms with van der Waals surface area (Å²) in [4.78, 5) is 17.3. The third-order valence-corrected chi connectivity index (χ3v) is 7.92. The van der Waals surface area contributed by atoms with Crippen molar-refractivity contribution < 1.29 is 18.0 Å². The minimum Gasteiger partial charge on any atom is -0.299 e. The molecule has 0 heterocycles. The maximum atomic E-state index is 13.4. The Balaban J connectivity index is 1.95. The fourth-order valence-electron chi connectivity index (χ4n) is 6.64. The number of ketones is 1. The summed E-state index contributed by atoms with van der Waals surface area (Å²) >= 11 is 0. The molecule has 5 atom stereocenters. The molecule has 158 valence electrons. The molecule has 0 amide bonds. The summed E-state index contributed by atoms with van der Waals surface area (Å²) in [5, 5.41) is 9.14. The highest BCUT2D eigenvalue weighted by atomic mass is 19.4. The maximum Gasteiger partial charge on any atom is 0.389 e. The maximum absolute atomic E-state index is 13.4. The van der Waals surface area contributed by atoms with Gasteiger partial charge in [-0.3, -0.25) is 9.79 Å². The van der Waals surface area contributed by atoms with E-state index in [-0.39, 0.29) is 29.5 Å². The molecule has 0 radical (unpaired) electrons. The summed E-state index contributed by atoms with van der Waals surface area (Å²) in [7, 11) is 0. The fraction of sp³-hybridized carbons (Fsp3) is 0.696. The molecule has 0 bridgehead atoms. The van der Waals surface area contributed by atoms with Crippen molar-refractivity contribution in [3.8, 4) is 6.07 Å². The lowest BCUT2D eigenvalue weighted by Gasteiger charge is -2.55. The number of carbonyl (C=O) groups is 1. The first-order valence-electron chi connectivity index (χ1n) is 10.4. The summed E-state index contributed by atoms with van der Waals surface area (Å²) in [5.41, 5.74) is 1.11. The summed E-state index contributed by atoms with van der Waals surface area (Å²) in [6, 6.07) is 2.13. The van der Waals surface area contributed by atoms with Gasteiger partial charge in [-0.1, -0.05) is 19.4 Å². The van der Waals surface area contributed by atoms with Crippen molar-refractivity contribution in [2.75, 3.05) is 0 Å². The van der Waals surface area contributed by atoms with Crippen LogP contribution in [-0.4, -0.2) is 18.7 Å². The van der Waals surface area contributed by atoms with Crippen LogP contribution in [0, 0.1) is 39.9 Å². The number of hydrogen-bond acceptors (Lipinski definition) is 3. The molecule has 3 rings (SSSR count). The molecule has 6 heteroatoms. The number of carbonyl (C=O) groups excluding carboxylic acids is 1. The Kier molecular flexibility index (Phi) is 5.82. The summed E-state index contributed by atoms with van der Waals surface area (Å²) < 4.78 is 38.4. The van der Waals surface area contributed by atoms with E-state index in [1.165, 1.54) is 0 Å². The Morgan fingerprint density at radius 3 is 2.59 bits per heavy atom. The summed E-state index contributed by atoms with van der Waals surface area (Å²) in [5.74, 6) is 0.286. The van der Waals surface area contributed by atoms with Gasteiger partial charge in [0.1, 0.15) is 5.78 Å². The zero-order chi connectivity index (χ0) is 21.4. The van der Waals surface area contributed by atoms with Crippen LogP contribution in [0.5, 0.6) is 0 Å². The zero-order valence-electron chi connectivity index (χ0n) is 17.2. The van der Waals surface area contributed by atoms with Crippen molar-refractivity contribution >= 4 is 12.5 Å². The van der Waals surface area contributed by atoms with E-state index in [1.807, 2.05) is 6.92 Å². The normalized spacial score (nSPS) is 39.9. The van der Waals surface area contributed by atoms with Crippen LogP contribution in [0.2, 0.25) is 0 Å². The van der Waals surface area contributed by atoms with Gasteiger partial charge >= 0.3 is 6.18 Å². The molecule has 3 fully saturated rings. The third-order valence-electron chi connectivity index (χ3n) is 7.92. The molecule has 0 N–H and O–H groups in total. The van der Waals surface area contributed by atoms with Gasteiger partial charge < -0.3 is 0 Å². The van der Waals surface area contributed by atoms with Gasteiger partial charge in [-0.15, -0.1) is 0 Å². The lowest BCUT2D eigenvalue weighted by Crippen LogP contribution is -2.53. The Bertz CT molecular complexity index is 791. The highest BCUT2D eigenvalue weighted by Gasteiger charge is 2.60. The van der Waals surface area contributed by atoms with Gasteiger partial charge in [-0.05, 0) is 68.1 Å². The van der Waals surface area contributed by atoms with Gasteiger partial charge in [0.15, 0.2) is 0 Å². The molecular formula is C23H29F3N2O. The molecule has 29 heavy (non-hydrogen) atoms. The SMILES string of the molecule is C=NC=C1CCC2C3CCC(=CC#N)C3(C)CC(=O)C2C1(C)CCCC(F)(F)F. The Morgan fingerprint density at radius 1 is 1.28 bits per heavy atom. The molecule has 3 nitrogen and oxygen atoms in total. The van der Waals surface area contributed by atoms with Gasteiger partial charge in [0.25, 0.3) is 0 Å². The van der Waals surface area contributed by atoms with Gasteiger partial charge in [0.2, 0.25) is 0 Å². The topological polar surface area (TPSA) is 53.2 Å². The molecule has 0 aliphatic heterocycles. The van der Waals surface area contributed by atoms with E-state index in [2.05, 4.69) is 24.7 Å². The first-order chi connectivity index (χ1) is 13.6. The summed E-state index contributed by atoms with van der Waals surface area (Å²) in [6.45, 7) is 7.58. The molecule has 0 aromatic carbocycles. The summed E-state index contributed by atoms with van der Waals surface area (Å²) in [6.07, 6.45) is 2.29. The Hall–Kier alpha value is -1.90. The quantitative estimate of drug-likeness (QED) is 0.414. The number of allylic oxidation sites excluding steroid dienone is 3. The highest BCUT2D eigenvalue weighted by Crippen LogP contribution is 2.65. The molecule has 0 aromatic heterocycles. The predicted octanol–water partition coefficient (Wildman–Crippen LogP) is 6.18. The molecule has 3 saturated carbocycles. The monoisotopic (exact) mass is 406 g/mol. The van der Waals surface area contributed by atoms with Crippen molar-refractivity contribution in [1.82, 2.24) is 0 Å². The minimum atomic E-state index is -4.19. The number of aliphatic imine (C=N–C) groups is 1. The van der Waals surface area contributed by atoms with E-state index in [4.69, 9.17) is 5.26 Å². The van der Waals surface area contributed by atoms with Gasteiger partial charge in [0.05, 0.1) is 6.07 Å². The van der Waals surface area contributed by atoms with Crippen LogP contribution in [0.3, 0.4) is 0 Å². The Morgan fingerprint density at radius 2 is 1.97 bits per heavy atom. The van der Waals surface area contributed by atoms with Gasteiger partial charge in [-0.25, -0.2) is 0 Å². The number of nitrogens with zero attached hydrogens (tertiary/aromatic N) is 2. The number of halogens is 3. The average Bonchev–Trinajstić information content (AvgIpc) is 2.92. The molecule has 0 aromatic rings. The van der Waals surface area contributed by atoms with E-state index >= 15 is 0 Å². The van der Waals surface area contributed by atoms with Crippen LogP contribution in [0.25, 0.3) is 0 Å². The van der Waals surface area contributed by atoms with Crippen LogP contribution < -0.4 is 0 Å². The van der Waals surface area contributed by atoms with Crippen LogP contribution in [0.1, 0.15) is 65.2 Å². The second-order valence-electron chi connectivity index (χ2n) is 9.41. The molecule has 0 spiro atoms. The number of alkyl halides is 3.